The van der Waals surface area contributed by atoms with Gasteiger partial charge in [-0.2, -0.15) is 0 Å². The zero-order chi connectivity index (χ0) is 14.8. The Kier molecular flexibility index (Phi) is 3.41. The molecule has 5 heteroatoms. The van der Waals surface area contributed by atoms with Crippen LogP contribution in [-0.4, -0.2) is 20.4 Å². The molecule has 3 rings (SSSR count). The van der Waals surface area contributed by atoms with Crippen LogP contribution in [0.1, 0.15) is 29.1 Å². The van der Waals surface area contributed by atoms with E-state index in [-0.39, 0.29) is 5.91 Å². The molecule has 1 atom stereocenters. The number of carbonyl (C=O) groups excluding carboxylic acids is 1. The lowest BCUT2D eigenvalue weighted by atomic mass is 10.2. The van der Waals surface area contributed by atoms with Crippen molar-refractivity contribution >= 4 is 17.2 Å². The topological polar surface area (TPSA) is 66.6 Å². The maximum absolute atomic E-state index is 12.2. The fourth-order valence-electron chi connectivity index (χ4n) is 2.08. The van der Waals surface area contributed by atoms with Crippen LogP contribution in [0, 0.1) is 0 Å². The molecule has 2 N–H and O–H groups in total. The molecule has 1 unspecified atom stereocenters. The molecule has 0 aliphatic rings. The summed E-state index contributed by atoms with van der Waals surface area (Å²) in [6.45, 7) is 1.70. The van der Waals surface area contributed by atoms with Gasteiger partial charge in [-0.25, -0.2) is 4.98 Å². The number of imidazole rings is 1. The maximum Gasteiger partial charge on any atom is 0.275 e. The standard InChI is InChI=1S/C16H15N3O2/c1-11(20)12-7-8-15-18-14(10-19(15)9-12)16(21)17-13-5-3-2-4-6-13/h2-11,20H,1H3,(H,17,21). The summed E-state index contributed by atoms with van der Waals surface area (Å²) in [7, 11) is 0. The van der Waals surface area contributed by atoms with Crippen molar-refractivity contribution in [1.82, 2.24) is 9.38 Å². The number of amides is 1. The van der Waals surface area contributed by atoms with Gasteiger partial charge < -0.3 is 14.8 Å². The summed E-state index contributed by atoms with van der Waals surface area (Å²) < 4.78 is 1.74. The fourth-order valence-corrected chi connectivity index (χ4v) is 2.08. The number of fused-ring (bicyclic) bond motifs is 1. The summed E-state index contributed by atoms with van der Waals surface area (Å²) in [6.07, 6.45) is 2.87. The van der Waals surface area contributed by atoms with Crippen LogP contribution in [0.4, 0.5) is 5.69 Å². The lowest BCUT2D eigenvalue weighted by Gasteiger charge is -2.03. The van der Waals surface area contributed by atoms with Gasteiger partial charge in [-0.3, -0.25) is 4.79 Å². The van der Waals surface area contributed by atoms with E-state index in [0.717, 1.165) is 11.3 Å². The second kappa shape index (κ2) is 5.38. The van der Waals surface area contributed by atoms with Crippen LogP contribution in [0.2, 0.25) is 0 Å². The summed E-state index contributed by atoms with van der Waals surface area (Å²) in [6, 6.07) is 12.8. The Morgan fingerprint density at radius 2 is 1.95 bits per heavy atom. The largest absolute Gasteiger partial charge is 0.389 e. The minimum atomic E-state index is -0.557. The molecule has 0 aliphatic heterocycles. The lowest BCUT2D eigenvalue weighted by molar-refractivity contribution is 0.102. The quantitative estimate of drug-likeness (QED) is 0.775. The summed E-state index contributed by atoms with van der Waals surface area (Å²) in [5.41, 5.74) is 2.50. The summed E-state index contributed by atoms with van der Waals surface area (Å²) in [5, 5.41) is 12.4. The van der Waals surface area contributed by atoms with Crippen molar-refractivity contribution in [2.75, 3.05) is 5.32 Å². The Morgan fingerprint density at radius 1 is 1.19 bits per heavy atom. The second-order valence-corrected chi connectivity index (χ2v) is 4.85. The van der Waals surface area contributed by atoms with Crippen molar-refractivity contribution in [1.29, 1.82) is 0 Å². The third-order valence-corrected chi connectivity index (χ3v) is 3.22. The summed E-state index contributed by atoms with van der Waals surface area (Å²) in [4.78, 5) is 16.4. The van der Waals surface area contributed by atoms with Crippen molar-refractivity contribution in [2.24, 2.45) is 0 Å². The van der Waals surface area contributed by atoms with Gasteiger partial charge in [0, 0.05) is 18.1 Å². The summed E-state index contributed by atoms with van der Waals surface area (Å²) >= 11 is 0. The SMILES string of the molecule is CC(O)c1ccc2nc(C(=O)Nc3ccccc3)cn2c1. The van der Waals surface area contributed by atoms with Crippen LogP contribution >= 0.6 is 0 Å². The molecule has 1 aromatic carbocycles. The summed E-state index contributed by atoms with van der Waals surface area (Å²) in [5.74, 6) is -0.261. The van der Waals surface area contributed by atoms with Crippen molar-refractivity contribution in [3.8, 4) is 0 Å². The van der Waals surface area contributed by atoms with E-state index in [1.807, 2.05) is 30.3 Å². The molecular weight excluding hydrogens is 266 g/mol. The number of nitrogens with one attached hydrogen (secondary N) is 1. The number of hydrogen-bond acceptors (Lipinski definition) is 3. The lowest BCUT2D eigenvalue weighted by Crippen LogP contribution is -2.11. The van der Waals surface area contributed by atoms with Gasteiger partial charge in [0.2, 0.25) is 0 Å². The van der Waals surface area contributed by atoms with E-state index >= 15 is 0 Å². The van der Waals surface area contributed by atoms with Crippen LogP contribution < -0.4 is 5.32 Å². The highest BCUT2D eigenvalue weighted by Crippen LogP contribution is 2.15. The molecular formula is C16H15N3O2. The van der Waals surface area contributed by atoms with Gasteiger partial charge in [0.1, 0.15) is 11.3 Å². The monoisotopic (exact) mass is 281 g/mol. The molecule has 0 bridgehead atoms. The van der Waals surface area contributed by atoms with Gasteiger partial charge >= 0.3 is 0 Å². The number of rotatable bonds is 3. The molecule has 0 spiro atoms. The number of nitrogens with zero attached hydrogens (tertiary/aromatic N) is 2. The normalized spacial score (nSPS) is 12.3. The van der Waals surface area contributed by atoms with Crippen LogP contribution in [0.5, 0.6) is 0 Å². The van der Waals surface area contributed by atoms with E-state index in [1.165, 1.54) is 0 Å². The molecule has 1 amide bonds. The third-order valence-electron chi connectivity index (χ3n) is 3.22. The van der Waals surface area contributed by atoms with Crippen LogP contribution in [-0.2, 0) is 0 Å². The first-order valence-corrected chi connectivity index (χ1v) is 6.66. The molecule has 2 heterocycles. The average molecular weight is 281 g/mol. The highest BCUT2D eigenvalue weighted by atomic mass is 16.3. The Balaban J connectivity index is 1.88. The molecule has 5 nitrogen and oxygen atoms in total. The van der Waals surface area contributed by atoms with Gasteiger partial charge in [0.15, 0.2) is 0 Å². The smallest absolute Gasteiger partial charge is 0.275 e. The van der Waals surface area contributed by atoms with Gasteiger partial charge in [-0.05, 0) is 30.7 Å². The number of hydrogen-bond donors (Lipinski definition) is 2. The maximum atomic E-state index is 12.2. The van der Waals surface area contributed by atoms with Crippen molar-refractivity contribution in [3.05, 3.63) is 66.1 Å². The van der Waals surface area contributed by atoms with Gasteiger partial charge in [0.05, 0.1) is 6.10 Å². The van der Waals surface area contributed by atoms with E-state index in [2.05, 4.69) is 10.3 Å². The molecule has 0 saturated heterocycles. The first-order chi connectivity index (χ1) is 10.1. The molecule has 21 heavy (non-hydrogen) atoms. The Labute approximate surface area is 121 Å². The van der Waals surface area contributed by atoms with Gasteiger partial charge in [0.25, 0.3) is 5.91 Å². The number of aliphatic hydroxyl groups excluding tert-OH is 1. The van der Waals surface area contributed by atoms with Crippen molar-refractivity contribution in [3.63, 3.8) is 0 Å². The minimum Gasteiger partial charge on any atom is -0.389 e. The third kappa shape index (κ3) is 2.78. The first-order valence-electron chi connectivity index (χ1n) is 6.66. The number of anilines is 1. The number of para-hydroxylation sites is 1. The molecule has 0 aliphatic carbocycles. The molecule has 0 saturated carbocycles. The number of carbonyl (C=O) groups is 1. The Morgan fingerprint density at radius 3 is 2.67 bits per heavy atom. The molecule has 106 valence electrons. The van der Waals surface area contributed by atoms with Crippen molar-refractivity contribution in [2.45, 2.75) is 13.0 Å². The van der Waals surface area contributed by atoms with E-state index in [1.54, 1.807) is 35.9 Å². The number of pyridine rings is 1. The van der Waals surface area contributed by atoms with E-state index in [4.69, 9.17) is 0 Å². The molecule has 3 aromatic rings. The zero-order valence-electron chi connectivity index (χ0n) is 11.5. The van der Waals surface area contributed by atoms with E-state index < -0.39 is 6.10 Å². The number of aromatic nitrogens is 2. The van der Waals surface area contributed by atoms with Crippen molar-refractivity contribution < 1.29 is 9.90 Å². The fraction of sp³-hybridized carbons (Fsp3) is 0.125. The predicted octanol–water partition coefficient (Wildman–Crippen LogP) is 2.64. The van der Waals surface area contributed by atoms with E-state index in [0.29, 0.717) is 11.3 Å². The van der Waals surface area contributed by atoms with Gasteiger partial charge in [-0.15, -0.1) is 0 Å². The number of benzene rings is 1. The zero-order valence-corrected chi connectivity index (χ0v) is 11.5. The molecule has 0 fully saturated rings. The highest BCUT2D eigenvalue weighted by Gasteiger charge is 2.11. The van der Waals surface area contributed by atoms with Crippen LogP contribution in [0.25, 0.3) is 5.65 Å². The molecule has 2 aromatic heterocycles. The van der Waals surface area contributed by atoms with E-state index in [9.17, 15) is 9.90 Å². The average Bonchev–Trinajstić information content (AvgIpc) is 2.91. The van der Waals surface area contributed by atoms with Gasteiger partial charge in [-0.1, -0.05) is 24.3 Å². The Hall–Kier alpha value is -2.66. The highest BCUT2D eigenvalue weighted by molar-refractivity contribution is 6.03. The molecule has 0 radical (unpaired) electrons. The Bertz CT molecular complexity index is 779. The van der Waals surface area contributed by atoms with Crippen LogP contribution in [0.3, 0.4) is 0 Å². The minimum absolute atomic E-state index is 0.261. The number of aliphatic hydroxyl groups is 1. The van der Waals surface area contributed by atoms with Crippen LogP contribution in [0.15, 0.2) is 54.9 Å². The second-order valence-electron chi connectivity index (χ2n) is 4.85. The predicted molar refractivity (Wildman–Crippen MR) is 80.2 cm³/mol. The first kappa shape index (κ1) is 13.3.